The molecule has 11 nitrogen and oxygen atoms in total. The van der Waals surface area contributed by atoms with E-state index in [9.17, 15) is 41.4 Å². The Morgan fingerprint density at radius 3 is 2.00 bits per heavy atom. The molecule has 164 valence electrons. The van der Waals surface area contributed by atoms with E-state index < -0.39 is 54.2 Å². The number of halogens is 3. The van der Waals surface area contributed by atoms with Gasteiger partial charge in [-0.3, -0.25) is 14.1 Å². The van der Waals surface area contributed by atoms with E-state index in [0.717, 1.165) is 18.6 Å². The molecule has 0 aromatic carbocycles. The highest BCUT2D eigenvalue weighted by Gasteiger charge is 2.57. The van der Waals surface area contributed by atoms with Crippen LogP contribution in [0.5, 0.6) is 0 Å². The van der Waals surface area contributed by atoms with Crippen molar-refractivity contribution in [3.05, 3.63) is 30.9 Å². The Morgan fingerprint density at radius 2 is 1.66 bits per heavy atom. The normalized spacial score (nSPS) is 25.0. The standard InChI is InChI=1S/C12H14N2O6S.CHF3O3S/c1-11(9(15)16)3-2-4-12(7-11,10(17)18)21(19,20)14-6-5-13-8-14;2-1(3,4)8(5,6)7/h2,4-6,8H,3,7H2,1H3,(H,15,16)(H,17,18);(H,5,6,7). The van der Waals surface area contributed by atoms with Gasteiger partial charge in [0.05, 0.1) is 5.41 Å². The summed E-state index contributed by atoms with van der Waals surface area (Å²) < 4.78 is 81.1. The summed E-state index contributed by atoms with van der Waals surface area (Å²) in [6.45, 7) is 1.33. The van der Waals surface area contributed by atoms with Gasteiger partial charge >= 0.3 is 27.6 Å². The van der Waals surface area contributed by atoms with E-state index >= 15 is 0 Å². The van der Waals surface area contributed by atoms with Gasteiger partial charge in [-0.05, 0) is 19.8 Å². The van der Waals surface area contributed by atoms with Crippen LogP contribution in [0.1, 0.15) is 19.8 Å². The molecule has 1 heterocycles. The van der Waals surface area contributed by atoms with Gasteiger partial charge in [-0.2, -0.15) is 21.6 Å². The molecule has 0 bridgehead atoms. The molecule has 29 heavy (non-hydrogen) atoms. The lowest BCUT2D eigenvalue weighted by Crippen LogP contribution is -2.53. The third kappa shape index (κ3) is 4.76. The molecule has 16 heteroatoms. The van der Waals surface area contributed by atoms with E-state index in [-0.39, 0.29) is 6.42 Å². The third-order valence-corrected chi connectivity index (χ3v) is 6.73. The number of carboxylic acids is 2. The van der Waals surface area contributed by atoms with Crippen LogP contribution >= 0.6 is 0 Å². The van der Waals surface area contributed by atoms with Crippen LogP contribution in [0.2, 0.25) is 0 Å². The number of aromatic nitrogens is 2. The molecular formula is C13H15F3N2O9S2. The highest BCUT2D eigenvalue weighted by molar-refractivity contribution is 7.92. The Hall–Kier alpha value is -2.46. The summed E-state index contributed by atoms with van der Waals surface area (Å²) in [4.78, 5) is 26.6. The number of aliphatic carboxylic acids is 2. The minimum atomic E-state index is -5.84. The smallest absolute Gasteiger partial charge is 0.481 e. The van der Waals surface area contributed by atoms with E-state index in [1.165, 1.54) is 19.2 Å². The maximum Gasteiger partial charge on any atom is 0.522 e. The number of carbonyl (C=O) groups is 2. The number of rotatable bonds is 4. The molecule has 3 N–H and O–H groups in total. The molecule has 0 fully saturated rings. The SMILES string of the molecule is CC1(C(=O)O)CC=CC(C(=O)O)(S(=O)(=O)n2ccnc2)C1.O=S(=O)(O)C(F)(F)F. The maximum atomic E-state index is 12.6. The number of imidazole rings is 1. The lowest BCUT2D eigenvalue weighted by Gasteiger charge is -2.37. The molecule has 0 saturated heterocycles. The molecule has 0 aliphatic heterocycles. The minimum absolute atomic E-state index is 0.0663. The molecule has 0 spiro atoms. The van der Waals surface area contributed by atoms with Gasteiger partial charge in [0, 0.05) is 12.4 Å². The minimum Gasteiger partial charge on any atom is -0.481 e. The number of carboxylic acid groups (broad SMARTS) is 2. The predicted octanol–water partition coefficient (Wildman–Crippen LogP) is 0.719. The summed E-state index contributed by atoms with van der Waals surface area (Å²) in [5, 5.41) is 18.7. The molecule has 0 amide bonds. The van der Waals surface area contributed by atoms with Crippen LogP contribution in [0.25, 0.3) is 0 Å². The molecule has 1 aliphatic rings. The Labute approximate surface area is 162 Å². The zero-order chi connectivity index (χ0) is 22.9. The first-order valence-electron chi connectivity index (χ1n) is 7.32. The second-order valence-electron chi connectivity index (χ2n) is 6.16. The van der Waals surface area contributed by atoms with Crippen LogP contribution < -0.4 is 0 Å². The average molecular weight is 464 g/mol. The van der Waals surface area contributed by atoms with Crippen molar-refractivity contribution in [2.75, 3.05) is 0 Å². The molecule has 0 radical (unpaired) electrons. The van der Waals surface area contributed by atoms with Crippen LogP contribution in [0, 0.1) is 5.41 Å². The van der Waals surface area contributed by atoms with Crippen LogP contribution in [-0.2, 0) is 29.7 Å². The van der Waals surface area contributed by atoms with Gasteiger partial charge in [0.25, 0.3) is 10.0 Å². The van der Waals surface area contributed by atoms with Gasteiger partial charge < -0.3 is 10.2 Å². The van der Waals surface area contributed by atoms with E-state index in [0.29, 0.717) is 3.97 Å². The van der Waals surface area contributed by atoms with Crippen molar-refractivity contribution < 1.29 is 54.4 Å². The van der Waals surface area contributed by atoms with Crippen molar-refractivity contribution in [2.24, 2.45) is 5.41 Å². The van der Waals surface area contributed by atoms with Gasteiger partial charge in [-0.25, -0.2) is 17.4 Å². The van der Waals surface area contributed by atoms with Crippen LogP contribution in [0.15, 0.2) is 30.9 Å². The fraction of sp³-hybridized carbons (Fsp3) is 0.462. The topological polar surface area (TPSA) is 181 Å². The van der Waals surface area contributed by atoms with Gasteiger partial charge in [-0.1, -0.05) is 12.2 Å². The van der Waals surface area contributed by atoms with Crippen LogP contribution in [0.3, 0.4) is 0 Å². The summed E-state index contributed by atoms with van der Waals surface area (Å²) in [5.41, 5.74) is -7.01. The van der Waals surface area contributed by atoms with Crippen molar-refractivity contribution in [1.82, 2.24) is 8.96 Å². The van der Waals surface area contributed by atoms with Crippen molar-refractivity contribution in [3.63, 3.8) is 0 Å². The van der Waals surface area contributed by atoms with Crippen LogP contribution in [0.4, 0.5) is 13.2 Å². The molecule has 1 aliphatic carbocycles. The average Bonchev–Trinajstić information content (AvgIpc) is 3.08. The Morgan fingerprint density at radius 1 is 1.14 bits per heavy atom. The maximum absolute atomic E-state index is 12.6. The van der Waals surface area contributed by atoms with Crippen LogP contribution in [-0.4, -0.2) is 62.8 Å². The zero-order valence-corrected chi connectivity index (χ0v) is 16.1. The van der Waals surface area contributed by atoms with Crippen molar-refractivity contribution in [2.45, 2.75) is 30.0 Å². The molecule has 1 aromatic rings. The lowest BCUT2D eigenvalue weighted by atomic mass is 9.74. The largest absolute Gasteiger partial charge is 0.522 e. The number of hydrogen-bond acceptors (Lipinski definition) is 7. The third-order valence-electron chi connectivity index (χ3n) is 4.00. The summed E-state index contributed by atoms with van der Waals surface area (Å²) in [6, 6.07) is 0. The number of allylic oxidation sites excluding steroid dienone is 1. The summed E-state index contributed by atoms with van der Waals surface area (Å²) in [6.07, 6.45) is 5.14. The highest BCUT2D eigenvalue weighted by Crippen LogP contribution is 2.42. The summed E-state index contributed by atoms with van der Waals surface area (Å²) in [5.74, 6) is -2.85. The molecular weight excluding hydrogens is 449 g/mol. The van der Waals surface area contributed by atoms with Crippen molar-refractivity contribution in [3.8, 4) is 0 Å². The molecule has 2 rings (SSSR count). The predicted molar refractivity (Wildman–Crippen MR) is 88.6 cm³/mol. The van der Waals surface area contributed by atoms with E-state index in [4.69, 9.17) is 13.0 Å². The summed E-state index contributed by atoms with van der Waals surface area (Å²) >= 11 is 0. The molecule has 2 atom stereocenters. The number of nitrogens with zero attached hydrogens (tertiary/aromatic N) is 2. The zero-order valence-electron chi connectivity index (χ0n) is 14.4. The summed E-state index contributed by atoms with van der Waals surface area (Å²) in [7, 11) is -10.2. The molecule has 1 aromatic heterocycles. The first kappa shape index (κ1) is 24.6. The lowest BCUT2D eigenvalue weighted by molar-refractivity contribution is -0.150. The van der Waals surface area contributed by atoms with Gasteiger partial charge in [-0.15, -0.1) is 0 Å². The van der Waals surface area contributed by atoms with Crippen molar-refractivity contribution in [1.29, 1.82) is 0 Å². The highest BCUT2D eigenvalue weighted by atomic mass is 32.2. The van der Waals surface area contributed by atoms with Gasteiger partial charge in [0.15, 0.2) is 0 Å². The van der Waals surface area contributed by atoms with Gasteiger partial charge in [0.1, 0.15) is 6.33 Å². The monoisotopic (exact) mass is 464 g/mol. The fourth-order valence-corrected chi connectivity index (χ4v) is 4.15. The number of hydrogen-bond donors (Lipinski definition) is 3. The Balaban J connectivity index is 0.000000447. The quantitative estimate of drug-likeness (QED) is 0.326. The fourth-order valence-electron chi connectivity index (χ4n) is 2.39. The van der Waals surface area contributed by atoms with E-state index in [1.54, 1.807) is 0 Å². The Kier molecular flexibility index (Phi) is 6.57. The first-order chi connectivity index (χ1) is 12.9. The van der Waals surface area contributed by atoms with Crippen molar-refractivity contribution >= 4 is 32.1 Å². The second-order valence-corrected chi connectivity index (χ2v) is 9.68. The molecule has 0 saturated carbocycles. The Bertz CT molecular complexity index is 1020. The molecule has 2 unspecified atom stereocenters. The van der Waals surface area contributed by atoms with E-state index in [1.807, 2.05) is 0 Å². The number of alkyl halides is 3. The first-order valence-corrected chi connectivity index (χ1v) is 10.2. The second kappa shape index (κ2) is 7.75. The van der Waals surface area contributed by atoms with E-state index in [2.05, 4.69) is 4.98 Å². The van der Waals surface area contributed by atoms with Gasteiger partial charge in [0.2, 0.25) is 4.75 Å².